The number of hydrogen-bond donors (Lipinski definition) is 2. The third-order valence-electron chi connectivity index (χ3n) is 5.14. The summed E-state index contributed by atoms with van der Waals surface area (Å²) in [5.41, 5.74) is 2.80. The van der Waals surface area contributed by atoms with Crippen molar-refractivity contribution in [3.8, 4) is 23.1 Å². The number of benzene rings is 1. The lowest BCUT2D eigenvalue weighted by molar-refractivity contribution is 0.0254. The van der Waals surface area contributed by atoms with Crippen LogP contribution in [0.15, 0.2) is 48.8 Å². The molecule has 0 atom stereocenters. The van der Waals surface area contributed by atoms with Gasteiger partial charge in [-0.2, -0.15) is 5.26 Å². The summed E-state index contributed by atoms with van der Waals surface area (Å²) >= 11 is 0. The summed E-state index contributed by atoms with van der Waals surface area (Å²) in [6.45, 7) is 2.62. The van der Waals surface area contributed by atoms with Crippen LogP contribution >= 0.6 is 0 Å². The highest BCUT2D eigenvalue weighted by Gasteiger charge is 2.17. The van der Waals surface area contributed by atoms with Crippen molar-refractivity contribution in [2.45, 2.75) is 18.9 Å². The molecule has 0 aliphatic carbocycles. The average molecular weight is 447 g/mol. The number of nitrogens with one attached hydrogen (secondary N) is 2. The van der Waals surface area contributed by atoms with E-state index in [4.69, 9.17) is 14.2 Å². The second-order valence-electron chi connectivity index (χ2n) is 7.49. The normalized spacial score (nSPS) is 13.8. The van der Waals surface area contributed by atoms with Crippen molar-refractivity contribution in [3.63, 3.8) is 0 Å². The minimum atomic E-state index is 0.0702. The van der Waals surface area contributed by atoms with Crippen molar-refractivity contribution in [1.29, 1.82) is 5.26 Å². The number of ether oxygens (including phenoxy) is 3. The second kappa shape index (κ2) is 11.2. The van der Waals surface area contributed by atoms with E-state index in [2.05, 4.69) is 31.7 Å². The summed E-state index contributed by atoms with van der Waals surface area (Å²) < 4.78 is 16.5. The van der Waals surface area contributed by atoms with E-state index in [1.807, 2.05) is 30.3 Å². The molecular formula is C24H26N6O3. The Labute approximate surface area is 192 Å². The van der Waals surface area contributed by atoms with Crippen LogP contribution < -0.4 is 15.4 Å². The Kier molecular flexibility index (Phi) is 7.64. The fourth-order valence-corrected chi connectivity index (χ4v) is 3.45. The molecule has 3 aromatic rings. The molecule has 2 N–H and O–H groups in total. The van der Waals surface area contributed by atoms with Crippen LogP contribution in [0, 0.1) is 11.3 Å². The van der Waals surface area contributed by atoms with Gasteiger partial charge in [-0.25, -0.2) is 15.0 Å². The number of nitrogens with zero attached hydrogens (tertiary/aromatic N) is 4. The first-order chi connectivity index (χ1) is 16.2. The van der Waals surface area contributed by atoms with Crippen LogP contribution in [-0.2, 0) is 9.47 Å². The minimum Gasteiger partial charge on any atom is -0.489 e. The van der Waals surface area contributed by atoms with Gasteiger partial charge in [-0.3, -0.25) is 0 Å². The number of rotatable bonds is 9. The van der Waals surface area contributed by atoms with Crippen LogP contribution in [0.25, 0.3) is 11.3 Å². The molecule has 3 heterocycles. The van der Waals surface area contributed by atoms with E-state index >= 15 is 0 Å². The molecule has 1 fully saturated rings. The molecule has 33 heavy (non-hydrogen) atoms. The van der Waals surface area contributed by atoms with Crippen LogP contribution in [0.5, 0.6) is 5.75 Å². The number of nitriles is 1. The van der Waals surface area contributed by atoms with Crippen molar-refractivity contribution in [2.24, 2.45) is 0 Å². The molecule has 4 rings (SSSR count). The highest BCUT2D eigenvalue weighted by atomic mass is 16.5. The van der Waals surface area contributed by atoms with Crippen molar-refractivity contribution in [3.05, 3.63) is 54.4 Å². The molecular weight excluding hydrogens is 420 g/mol. The van der Waals surface area contributed by atoms with E-state index in [9.17, 15) is 5.26 Å². The van der Waals surface area contributed by atoms with Crippen LogP contribution in [-0.4, -0.2) is 54.5 Å². The Morgan fingerprint density at radius 2 is 1.97 bits per heavy atom. The maximum absolute atomic E-state index is 9.65. The Balaban J connectivity index is 1.48. The van der Waals surface area contributed by atoms with Crippen molar-refractivity contribution < 1.29 is 14.2 Å². The van der Waals surface area contributed by atoms with Gasteiger partial charge in [-0.05, 0) is 30.3 Å². The Bertz CT molecular complexity index is 1110. The highest BCUT2D eigenvalue weighted by molar-refractivity contribution is 5.66. The van der Waals surface area contributed by atoms with Gasteiger partial charge in [0, 0.05) is 56.2 Å². The Morgan fingerprint density at radius 1 is 1.12 bits per heavy atom. The predicted octanol–water partition coefficient (Wildman–Crippen LogP) is 3.77. The van der Waals surface area contributed by atoms with Crippen LogP contribution in [0.4, 0.5) is 17.5 Å². The lowest BCUT2D eigenvalue weighted by Crippen LogP contribution is -2.26. The van der Waals surface area contributed by atoms with Gasteiger partial charge in [0.25, 0.3) is 0 Å². The summed E-state index contributed by atoms with van der Waals surface area (Å²) in [6, 6.07) is 13.3. The van der Waals surface area contributed by atoms with Gasteiger partial charge in [0.05, 0.1) is 31.1 Å². The van der Waals surface area contributed by atoms with Gasteiger partial charge < -0.3 is 24.8 Å². The standard InChI is InChI=1S/C24H26N6O3/c1-31-13-10-27-23-15-19(4-8-26-23)29-24-28-9-5-21(30-24)17-2-3-22(18(14-17)16-25)33-20-6-11-32-12-7-20/h2-5,8-9,14-15,20H,6-7,10-13H2,1H3,(H2,26,27,28,29,30). The highest BCUT2D eigenvalue weighted by Crippen LogP contribution is 2.28. The zero-order valence-corrected chi connectivity index (χ0v) is 18.5. The Hall–Kier alpha value is -3.74. The van der Waals surface area contributed by atoms with Gasteiger partial charge in [-0.1, -0.05) is 0 Å². The fraction of sp³-hybridized carbons (Fsp3) is 0.333. The molecule has 1 aromatic carbocycles. The molecule has 0 spiro atoms. The monoisotopic (exact) mass is 446 g/mol. The summed E-state index contributed by atoms with van der Waals surface area (Å²) in [5.74, 6) is 1.76. The third kappa shape index (κ3) is 6.16. The average Bonchev–Trinajstić information content (AvgIpc) is 2.85. The van der Waals surface area contributed by atoms with Crippen molar-refractivity contribution >= 4 is 17.5 Å². The maximum atomic E-state index is 9.65. The Morgan fingerprint density at radius 3 is 2.79 bits per heavy atom. The van der Waals surface area contributed by atoms with Crippen LogP contribution in [0.2, 0.25) is 0 Å². The minimum absolute atomic E-state index is 0.0702. The summed E-state index contributed by atoms with van der Waals surface area (Å²) in [7, 11) is 1.66. The van der Waals surface area contributed by atoms with Gasteiger partial charge >= 0.3 is 0 Å². The molecule has 1 aliphatic rings. The molecule has 9 heteroatoms. The van der Waals surface area contributed by atoms with Gasteiger partial charge in [0.1, 0.15) is 23.7 Å². The summed E-state index contributed by atoms with van der Waals surface area (Å²) in [4.78, 5) is 13.2. The number of hydrogen-bond acceptors (Lipinski definition) is 9. The van der Waals surface area contributed by atoms with E-state index in [0.717, 1.165) is 29.9 Å². The molecule has 0 radical (unpaired) electrons. The molecule has 0 amide bonds. The second-order valence-corrected chi connectivity index (χ2v) is 7.49. The first-order valence-electron chi connectivity index (χ1n) is 10.8. The molecule has 0 saturated carbocycles. The summed E-state index contributed by atoms with van der Waals surface area (Å²) in [5, 5.41) is 16.0. The lowest BCUT2D eigenvalue weighted by Gasteiger charge is -2.23. The molecule has 0 unspecified atom stereocenters. The molecule has 1 aliphatic heterocycles. The maximum Gasteiger partial charge on any atom is 0.227 e. The van der Waals surface area contributed by atoms with E-state index < -0.39 is 0 Å². The van der Waals surface area contributed by atoms with Crippen LogP contribution in [0.1, 0.15) is 18.4 Å². The fourth-order valence-electron chi connectivity index (χ4n) is 3.45. The SMILES string of the molecule is COCCNc1cc(Nc2nccc(-c3ccc(OC4CCOCC4)c(C#N)c3)n2)ccn1. The molecule has 170 valence electrons. The van der Waals surface area contributed by atoms with Crippen molar-refractivity contribution in [1.82, 2.24) is 15.0 Å². The predicted molar refractivity (Wildman–Crippen MR) is 125 cm³/mol. The van der Waals surface area contributed by atoms with Gasteiger partial charge in [0.2, 0.25) is 5.95 Å². The molecule has 1 saturated heterocycles. The third-order valence-corrected chi connectivity index (χ3v) is 5.14. The first-order valence-corrected chi connectivity index (χ1v) is 10.8. The number of aromatic nitrogens is 3. The van der Waals surface area contributed by atoms with E-state index in [1.54, 1.807) is 25.6 Å². The number of anilines is 3. The topological polar surface area (TPSA) is 114 Å². The molecule has 2 aromatic heterocycles. The van der Waals surface area contributed by atoms with Gasteiger partial charge in [0.15, 0.2) is 0 Å². The van der Waals surface area contributed by atoms with E-state index in [0.29, 0.717) is 49.3 Å². The number of methoxy groups -OCH3 is 1. The van der Waals surface area contributed by atoms with E-state index in [-0.39, 0.29) is 6.10 Å². The van der Waals surface area contributed by atoms with Gasteiger partial charge in [-0.15, -0.1) is 0 Å². The zero-order valence-electron chi connectivity index (χ0n) is 18.5. The lowest BCUT2D eigenvalue weighted by atomic mass is 10.1. The quantitative estimate of drug-likeness (QED) is 0.474. The summed E-state index contributed by atoms with van der Waals surface area (Å²) in [6.07, 6.45) is 5.11. The van der Waals surface area contributed by atoms with Crippen LogP contribution in [0.3, 0.4) is 0 Å². The van der Waals surface area contributed by atoms with E-state index in [1.165, 1.54) is 0 Å². The number of pyridine rings is 1. The smallest absolute Gasteiger partial charge is 0.227 e. The molecule has 9 nitrogen and oxygen atoms in total. The molecule has 0 bridgehead atoms. The van der Waals surface area contributed by atoms with Crippen molar-refractivity contribution in [2.75, 3.05) is 44.1 Å². The largest absolute Gasteiger partial charge is 0.489 e. The first kappa shape index (κ1) is 22.5. The zero-order chi connectivity index (χ0) is 22.9.